The van der Waals surface area contributed by atoms with Gasteiger partial charge in [0.2, 0.25) is 0 Å². The molecule has 2 aromatic heterocycles. The average molecular weight is 350 g/mol. The Kier molecular flexibility index (Phi) is 4.42. The summed E-state index contributed by atoms with van der Waals surface area (Å²) in [6, 6.07) is 15.4. The number of aromatic nitrogens is 6. The average Bonchev–Trinajstić information content (AvgIpc) is 3.29. The first-order valence-electron chi connectivity index (χ1n) is 8.15. The van der Waals surface area contributed by atoms with Crippen LogP contribution in [0.5, 0.6) is 0 Å². The van der Waals surface area contributed by atoms with Crippen LogP contribution in [0.2, 0.25) is 0 Å². The Hall–Kier alpha value is -3.10. The quantitative estimate of drug-likeness (QED) is 0.498. The summed E-state index contributed by atoms with van der Waals surface area (Å²) in [4.78, 5) is 1.54. The zero-order chi connectivity index (χ0) is 17.9. The summed E-state index contributed by atoms with van der Waals surface area (Å²) in [5.74, 6) is 0. The normalized spacial score (nSPS) is 14.4. The number of ether oxygens (including phenoxy) is 2. The van der Waals surface area contributed by atoms with E-state index in [1.165, 1.54) is 4.80 Å². The molecule has 0 amide bonds. The first-order valence-corrected chi connectivity index (χ1v) is 8.15. The number of nitrogens with zero attached hydrogens (tertiary/aromatic N) is 6. The summed E-state index contributed by atoms with van der Waals surface area (Å²) in [6.45, 7) is 0. The number of hydrogen-bond donors (Lipinski definition) is 0. The molecule has 4 aromatic rings. The molecule has 2 atom stereocenters. The largest absolute Gasteiger partial charge is 0.356 e. The van der Waals surface area contributed by atoms with Gasteiger partial charge in [-0.1, -0.05) is 29.5 Å². The maximum Gasteiger partial charge on any atom is 0.187 e. The van der Waals surface area contributed by atoms with Gasteiger partial charge in [0.15, 0.2) is 12.5 Å². The molecule has 2 unspecified atom stereocenters. The highest BCUT2D eigenvalue weighted by molar-refractivity contribution is 5.74. The maximum atomic E-state index is 5.56. The topological polar surface area (TPSA) is 79.9 Å². The Morgan fingerprint density at radius 3 is 2.04 bits per heavy atom. The molecule has 0 spiro atoms. The minimum atomic E-state index is -0.463. The molecule has 0 saturated carbocycles. The smallest absolute Gasteiger partial charge is 0.187 e. The van der Waals surface area contributed by atoms with Crippen LogP contribution >= 0.6 is 0 Å². The van der Waals surface area contributed by atoms with Crippen LogP contribution in [0.3, 0.4) is 0 Å². The number of fused-ring (bicyclic) bond motifs is 2. The van der Waals surface area contributed by atoms with Crippen molar-refractivity contribution in [2.45, 2.75) is 12.5 Å². The molecule has 132 valence electrons. The van der Waals surface area contributed by atoms with Crippen LogP contribution in [0.4, 0.5) is 0 Å². The van der Waals surface area contributed by atoms with Gasteiger partial charge in [-0.2, -0.15) is 10.2 Å². The fourth-order valence-corrected chi connectivity index (χ4v) is 2.77. The van der Waals surface area contributed by atoms with E-state index in [1.807, 2.05) is 60.7 Å². The second-order valence-electron chi connectivity index (χ2n) is 5.67. The van der Waals surface area contributed by atoms with Gasteiger partial charge in [0, 0.05) is 14.2 Å². The van der Waals surface area contributed by atoms with Crippen molar-refractivity contribution in [2.24, 2.45) is 0 Å². The molecule has 0 radical (unpaired) electrons. The Morgan fingerprint density at radius 2 is 1.38 bits per heavy atom. The number of hydrogen-bond acceptors (Lipinski definition) is 6. The minimum absolute atomic E-state index is 0.426. The van der Waals surface area contributed by atoms with Crippen molar-refractivity contribution >= 4 is 22.1 Å². The highest BCUT2D eigenvalue weighted by Crippen LogP contribution is 2.19. The Bertz CT molecular complexity index is 1020. The van der Waals surface area contributed by atoms with E-state index in [2.05, 4.69) is 20.5 Å². The third-order valence-electron chi connectivity index (χ3n) is 4.07. The molecule has 4 rings (SSSR count). The van der Waals surface area contributed by atoms with Crippen LogP contribution < -0.4 is 0 Å². The van der Waals surface area contributed by atoms with Crippen molar-refractivity contribution in [2.75, 3.05) is 14.2 Å². The van der Waals surface area contributed by atoms with Gasteiger partial charge in [-0.3, -0.25) is 0 Å². The summed E-state index contributed by atoms with van der Waals surface area (Å²) >= 11 is 0. The van der Waals surface area contributed by atoms with E-state index in [1.54, 1.807) is 18.9 Å². The molecule has 8 nitrogen and oxygen atoms in total. The summed E-state index contributed by atoms with van der Waals surface area (Å²) in [5.41, 5.74) is 3.33. The molecule has 2 heterocycles. The Morgan fingerprint density at radius 1 is 0.808 bits per heavy atom. The zero-order valence-electron chi connectivity index (χ0n) is 14.4. The zero-order valence-corrected chi connectivity index (χ0v) is 14.4. The summed E-state index contributed by atoms with van der Waals surface area (Å²) in [7, 11) is 3.23. The van der Waals surface area contributed by atoms with Gasteiger partial charge < -0.3 is 9.47 Å². The predicted molar refractivity (Wildman–Crippen MR) is 96.3 cm³/mol. The van der Waals surface area contributed by atoms with Gasteiger partial charge in [-0.05, 0) is 36.4 Å². The van der Waals surface area contributed by atoms with E-state index in [4.69, 9.17) is 9.47 Å². The van der Waals surface area contributed by atoms with Crippen LogP contribution in [-0.2, 0) is 9.47 Å². The lowest BCUT2D eigenvalue weighted by molar-refractivity contribution is 0.0546. The van der Waals surface area contributed by atoms with Crippen molar-refractivity contribution in [1.82, 2.24) is 30.0 Å². The monoisotopic (exact) mass is 350 g/mol. The highest BCUT2D eigenvalue weighted by Gasteiger charge is 2.15. The SMILES string of the molecule is COC(C=CC(OC)n1nnc2ccccc21)n1nc2ccccc2n1. The van der Waals surface area contributed by atoms with Crippen molar-refractivity contribution in [3.8, 4) is 0 Å². The van der Waals surface area contributed by atoms with Crippen LogP contribution in [0.15, 0.2) is 60.7 Å². The van der Waals surface area contributed by atoms with Crippen molar-refractivity contribution in [1.29, 1.82) is 0 Å². The summed E-state index contributed by atoms with van der Waals surface area (Å²) in [6.07, 6.45) is 2.80. The molecular weight excluding hydrogens is 332 g/mol. The first kappa shape index (κ1) is 16.4. The Balaban J connectivity index is 1.63. The fraction of sp³-hybridized carbons (Fsp3) is 0.222. The molecule has 0 aliphatic rings. The van der Waals surface area contributed by atoms with E-state index < -0.39 is 12.5 Å². The molecule has 26 heavy (non-hydrogen) atoms. The molecule has 8 heteroatoms. The molecular formula is C18H18N6O2. The fourth-order valence-electron chi connectivity index (χ4n) is 2.77. The maximum absolute atomic E-state index is 5.56. The van der Waals surface area contributed by atoms with E-state index in [-0.39, 0.29) is 0 Å². The molecule has 2 aromatic carbocycles. The van der Waals surface area contributed by atoms with Crippen molar-refractivity contribution in [3.63, 3.8) is 0 Å². The van der Waals surface area contributed by atoms with Crippen LogP contribution in [0.25, 0.3) is 22.1 Å². The summed E-state index contributed by atoms with van der Waals surface area (Å²) in [5, 5.41) is 17.3. The summed E-state index contributed by atoms with van der Waals surface area (Å²) < 4.78 is 12.8. The second-order valence-corrected chi connectivity index (χ2v) is 5.67. The lowest BCUT2D eigenvalue weighted by atomic mass is 10.3. The van der Waals surface area contributed by atoms with E-state index in [0.717, 1.165) is 22.1 Å². The standard InChI is InChI=1S/C18H18N6O2/c1-25-17(23-16-10-6-5-9-15(16)19-22-23)11-12-18(26-2)24-20-13-7-3-4-8-14(13)21-24/h3-12,17-18H,1-2H3. The molecule has 0 N–H and O–H groups in total. The van der Waals surface area contributed by atoms with Gasteiger partial charge in [-0.25, -0.2) is 4.68 Å². The van der Waals surface area contributed by atoms with Gasteiger partial charge in [0.25, 0.3) is 0 Å². The van der Waals surface area contributed by atoms with Gasteiger partial charge >= 0.3 is 0 Å². The van der Waals surface area contributed by atoms with Crippen molar-refractivity contribution in [3.05, 3.63) is 60.7 Å². The minimum Gasteiger partial charge on any atom is -0.356 e. The second kappa shape index (κ2) is 7.03. The van der Waals surface area contributed by atoms with Crippen LogP contribution in [-0.4, -0.2) is 44.2 Å². The molecule has 0 aliphatic heterocycles. The van der Waals surface area contributed by atoms with Crippen molar-refractivity contribution < 1.29 is 9.47 Å². The molecule has 0 aliphatic carbocycles. The molecule has 0 bridgehead atoms. The third-order valence-corrected chi connectivity index (χ3v) is 4.07. The lowest BCUT2D eigenvalue weighted by Crippen LogP contribution is -2.14. The number of para-hydroxylation sites is 1. The molecule has 0 fully saturated rings. The van der Waals surface area contributed by atoms with E-state index >= 15 is 0 Å². The van der Waals surface area contributed by atoms with E-state index in [0.29, 0.717) is 0 Å². The third kappa shape index (κ3) is 2.96. The first-order chi connectivity index (χ1) is 12.8. The predicted octanol–water partition coefficient (Wildman–Crippen LogP) is 2.72. The van der Waals surface area contributed by atoms with Crippen LogP contribution in [0, 0.1) is 0 Å². The number of methoxy groups -OCH3 is 2. The lowest BCUT2D eigenvalue weighted by Gasteiger charge is -2.14. The Labute approximate surface area is 149 Å². The van der Waals surface area contributed by atoms with Crippen LogP contribution in [0.1, 0.15) is 12.5 Å². The van der Waals surface area contributed by atoms with Gasteiger partial charge in [0.05, 0.1) is 5.52 Å². The van der Waals surface area contributed by atoms with Gasteiger partial charge in [0.1, 0.15) is 16.6 Å². The van der Waals surface area contributed by atoms with Gasteiger partial charge in [-0.15, -0.1) is 9.90 Å². The molecule has 0 saturated heterocycles. The highest BCUT2D eigenvalue weighted by atomic mass is 16.5. The number of benzene rings is 2. The van der Waals surface area contributed by atoms with E-state index in [9.17, 15) is 0 Å². The number of rotatable bonds is 6.